The predicted octanol–water partition coefficient (Wildman–Crippen LogP) is 17.0. The van der Waals surface area contributed by atoms with Gasteiger partial charge in [-0.1, -0.05) is 140 Å². The molecule has 0 fully saturated rings. The number of nitrogens with zero attached hydrogens (tertiary/aromatic N) is 3. The van der Waals surface area contributed by atoms with Gasteiger partial charge < -0.3 is 18.8 Å². The molecule has 0 aliphatic carbocycles. The summed E-state index contributed by atoms with van der Waals surface area (Å²) in [5.41, 5.74) is 16.5. The smallest absolute Gasteiger partial charge is 0.136 e. The first-order valence-corrected chi connectivity index (χ1v) is 21.7. The van der Waals surface area contributed by atoms with Gasteiger partial charge in [-0.2, -0.15) is 0 Å². The Morgan fingerprint density at radius 2 is 0.672 bits per heavy atom. The minimum atomic E-state index is 0.910. The van der Waals surface area contributed by atoms with Crippen LogP contribution in [0.3, 0.4) is 0 Å². The molecule has 0 bridgehead atoms. The second-order valence-electron chi connectivity index (χ2n) is 16.2. The lowest BCUT2D eigenvalue weighted by Crippen LogP contribution is -2.12. The average molecular weight is 820 g/mol. The lowest BCUT2D eigenvalue weighted by molar-refractivity contribution is 0.669. The molecule has 64 heavy (non-hydrogen) atoms. The number of fused-ring (bicyclic) bond motifs is 6. The third-order valence-electron chi connectivity index (χ3n) is 12.4. The topological polar surface area (TPSA) is 24.6 Å². The lowest BCUT2D eigenvalue weighted by atomic mass is 10.0. The molecule has 0 aliphatic rings. The highest BCUT2D eigenvalue weighted by molar-refractivity contribution is 6.17. The zero-order valence-corrected chi connectivity index (χ0v) is 34.9. The van der Waals surface area contributed by atoms with Gasteiger partial charge in [-0.05, 0) is 131 Å². The Kier molecular flexibility index (Phi) is 9.12. The zero-order valence-electron chi connectivity index (χ0n) is 34.9. The Morgan fingerprint density at radius 1 is 0.266 bits per heavy atom. The molecule has 0 amide bonds. The summed E-state index contributed by atoms with van der Waals surface area (Å²) in [4.78, 5) is 4.63. The normalized spacial score (nSPS) is 11.4. The summed E-state index contributed by atoms with van der Waals surface area (Å²) < 4.78 is 8.69. The molecule has 0 saturated heterocycles. The van der Waals surface area contributed by atoms with Crippen molar-refractivity contribution in [2.24, 2.45) is 0 Å². The average Bonchev–Trinajstić information content (AvgIpc) is 3.90. The van der Waals surface area contributed by atoms with Gasteiger partial charge in [0.25, 0.3) is 0 Å². The Bertz CT molecular complexity index is 3520. The summed E-state index contributed by atoms with van der Waals surface area (Å²) in [6.07, 6.45) is 0. The quantitative estimate of drug-likeness (QED) is 0.145. The first-order chi connectivity index (χ1) is 31.7. The van der Waals surface area contributed by atoms with Gasteiger partial charge in [0.1, 0.15) is 11.2 Å². The molecule has 4 heteroatoms. The molecular weight excluding hydrogens is 779 g/mol. The van der Waals surface area contributed by atoms with E-state index in [9.17, 15) is 0 Å². The monoisotopic (exact) mass is 819 g/mol. The van der Waals surface area contributed by atoms with E-state index in [-0.39, 0.29) is 0 Å². The second kappa shape index (κ2) is 15.7. The van der Waals surface area contributed by atoms with E-state index in [4.69, 9.17) is 4.42 Å². The number of anilines is 6. The van der Waals surface area contributed by atoms with Gasteiger partial charge in [0.05, 0.1) is 11.0 Å². The van der Waals surface area contributed by atoms with Crippen LogP contribution in [0.5, 0.6) is 0 Å². The number of rotatable bonds is 9. The number of hydrogen-bond acceptors (Lipinski definition) is 3. The third kappa shape index (κ3) is 6.57. The summed E-state index contributed by atoms with van der Waals surface area (Å²) in [6.45, 7) is 0. The van der Waals surface area contributed by atoms with E-state index >= 15 is 0 Å². The van der Waals surface area contributed by atoms with E-state index in [2.05, 4.69) is 251 Å². The Morgan fingerprint density at radius 3 is 1.22 bits per heavy atom. The number of aromatic nitrogens is 1. The zero-order chi connectivity index (χ0) is 42.4. The fraction of sp³-hybridized carbons (Fsp3) is 0. The van der Waals surface area contributed by atoms with Gasteiger partial charge in [-0.3, -0.25) is 0 Å². The summed E-state index contributed by atoms with van der Waals surface area (Å²) in [7, 11) is 0. The van der Waals surface area contributed by atoms with Crippen molar-refractivity contribution >= 4 is 77.9 Å². The molecule has 302 valence electrons. The number of para-hydroxylation sites is 4. The summed E-state index contributed by atoms with van der Waals surface area (Å²) in [5.74, 6) is 0. The molecule has 0 N–H and O–H groups in total. The maximum Gasteiger partial charge on any atom is 0.136 e. The number of benzene rings is 10. The largest absolute Gasteiger partial charge is 0.456 e. The van der Waals surface area contributed by atoms with Crippen molar-refractivity contribution in [3.63, 3.8) is 0 Å². The minimum Gasteiger partial charge on any atom is -0.456 e. The van der Waals surface area contributed by atoms with E-state index in [1.165, 1.54) is 27.4 Å². The Hall–Kier alpha value is -8.60. The van der Waals surface area contributed by atoms with Crippen LogP contribution >= 0.6 is 0 Å². The second-order valence-corrected chi connectivity index (χ2v) is 16.2. The van der Waals surface area contributed by atoms with Crippen molar-refractivity contribution in [1.82, 2.24) is 4.57 Å². The van der Waals surface area contributed by atoms with Crippen molar-refractivity contribution in [1.29, 1.82) is 0 Å². The van der Waals surface area contributed by atoms with Crippen LogP contribution in [0.15, 0.2) is 253 Å². The highest BCUT2D eigenvalue weighted by Crippen LogP contribution is 2.42. The first kappa shape index (κ1) is 37.2. The fourth-order valence-corrected chi connectivity index (χ4v) is 9.30. The van der Waals surface area contributed by atoms with Crippen molar-refractivity contribution in [2.45, 2.75) is 0 Å². The molecule has 0 radical (unpaired) electrons. The van der Waals surface area contributed by atoms with Crippen molar-refractivity contribution in [2.75, 3.05) is 9.80 Å². The highest BCUT2D eigenvalue weighted by Gasteiger charge is 2.19. The van der Waals surface area contributed by atoms with Gasteiger partial charge in [-0.15, -0.1) is 0 Å². The summed E-state index contributed by atoms with van der Waals surface area (Å²) in [6, 6.07) is 88.7. The van der Waals surface area contributed by atoms with Crippen LogP contribution in [-0.4, -0.2) is 4.57 Å². The van der Waals surface area contributed by atoms with Crippen molar-refractivity contribution in [3.05, 3.63) is 249 Å². The molecule has 0 unspecified atom stereocenters. The van der Waals surface area contributed by atoms with Gasteiger partial charge in [0.15, 0.2) is 0 Å². The van der Waals surface area contributed by atoms with Crippen LogP contribution in [0.4, 0.5) is 34.1 Å². The molecule has 0 saturated carbocycles. The molecule has 4 nitrogen and oxygen atoms in total. The van der Waals surface area contributed by atoms with Crippen molar-refractivity contribution < 1.29 is 4.42 Å². The molecule has 0 spiro atoms. The SMILES string of the molecule is c1ccc(-c2ccc(N(c3ccc(-c4ccc(-n5c6ccccc6c6cc7oc8ccccc8c7cc65)cc4)cc3)c3ccc(N(c4ccccc4)c4ccccc4)cc3)cc2)cc1. The number of furan rings is 1. The van der Waals surface area contributed by atoms with Crippen LogP contribution in [0.1, 0.15) is 0 Å². The van der Waals surface area contributed by atoms with Crippen molar-refractivity contribution in [3.8, 4) is 27.9 Å². The molecule has 2 heterocycles. The molecule has 10 aromatic carbocycles. The maximum atomic E-state index is 6.31. The first-order valence-electron chi connectivity index (χ1n) is 21.7. The van der Waals surface area contributed by atoms with Crippen LogP contribution < -0.4 is 9.80 Å². The fourth-order valence-electron chi connectivity index (χ4n) is 9.30. The molecule has 2 aromatic heterocycles. The standard InChI is InChI=1S/C60H41N3O/c1-4-14-42(15-5-1)43-24-30-48(31-25-43)62(51-38-36-50(37-39-51)61(46-16-6-2-7-17-46)47-18-8-3-9-19-47)49-32-26-44(27-33-49)45-28-34-52(35-29-45)63-57-22-12-10-20-53(57)55-41-60-56(40-58(55)63)54-21-11-13-23-59(54)64-60/h1-41H. The predicted molar refractivity (Wildman–Crippen MR) is 268 cm³/mol. The highest BCUT2D eigenvalue weighted by atomic mass is 16.3. The van der Waals surface area contributed by atoms with Gasteiger partial charge in [0, 0.05) is 61.4 Å². The lowest BCUT2D eigenvalue weighted by Gasteiger charge is -2.28. The van der Waals surface area contributed by atoms with E-state index in [0.717, 1.165) is 78.4 Å². The summed E-state index contributed by atoms with van der Waals surface area (Å²) in [5, 5.41) is 4.65. The maximum absolute atomic E-state index is 6.31. The van der Waals surface area contributed by atoms with E-state index < -0.39 is 0 Å². The third-order valence-corrected chi connectivity index (χ3v) is 12.4. The van der Waals surface area contributed by atoms with Crippen LogP contribution in [0.2, 0.25) is 0 Å². The van der Waals surface area contributed by atoms with E-state index in [0.29, 0.717) is 0 Å². The minimum absolute atomic E-state index is 0.910. The molecule has 12 aromatic rings. The molecule has 0 atom stereocenters. The molecule has 0 aliphatic heterocycles. The van der Waals surface area contributed by atoms with Crippen LogP contribution in [0.25, 0.3) is 71.7 Å². The summed E-state index contributed by atoms with van der Waals surface area (Å²) >= 11 is 0. The van der Waals surface area contributed by atoms with Gasteiger partial charge in [-0.25, -0.2) is 0 Å². The van der Waals surface area contributed by atoms with Crippen LogP contribution in [-0.2, 0) is 0 Å². The van der Waals surface area contributed by atoms with Gasteiger partial charge in [0.2, 0.25) is 0 Å². The van der Waals surface area contributed by atoms with E-state index in [1.54, 1.807) is 0 Å². The molecule has 12 rings (SSSR count). The molecular formula is C60H41N3O. The van der Waals surface area contributed by atoms with E-state index in [1.807, 2.05) is 12.1 Å². The van der Waals surface area contributed by atoms with Gasteiger partial charge >= 0.3 is 0 Å². The van der Waals surface area contributed by atoms with Crippen LogP contribution in [0, 0.1) is 0 Å². The Balaban J connectivity index is 0.899. The number of hydrogen-bond donors (Lipinski definition) is 0. The Labute approximate surface area is 371 Å².